The summed E-state index contributed by atoms with van der Waals surface area (Å²) in [6.07, 6.45) is 2.07. The molecule has 1 aliphatic heterocycles. The van der Waals surface area contributed by atoms with E-state index < -0.39 is 5.60 Å². The normalized spacial score (nSPS) is 21.3. The number of carbonyl (C=O) groups excluding carboxylic acids is 1. The minimum atomic E-state index is -0.526. The summed E-state index contributed by atoms with van der Waals surface area (Å²) in [5.74, 6) is -0.0431. The van der Waals surface area contributed by atoms with Crippen LogP contribution in [0.25, 0.3) is 0 Å². The minimum Gasteiger partial charge on any atom is -0.444 e. The van der Waals surface area contributed by atoms with E-state index in [4.69, 9.17) is 9.84 Å². The molecular formula is C13H23NO4. The maximum absolute atomic E-state index is 12.0. The first-order valence-corrected chi connectivity index (χ1v) is 6.23. The van der Waals surface area contributed by atoms with Crippen LogP contribution in [-0.2, 0) is 4.74 Å². The molecule has 0 aromatic heterocycles. The Balaban J connectivity index is 2.70. The molecule has 2 N–H and O–H groups in total. The molecule has 1 atom stereocenters. The fourth-order valence-corrected chi connectivity index (χ4v) is 1.87. The highest BCUT2D eigenvalue weighted by Crippen LogP contribution is 2.19. The van der Waals surface area contributed by atoms with E-state index in [0.717, 1.165) is 5.57 Å². The van der Waals surface area contributed by atoms with Crippen molar-refractivity contribution in [3.05, 3.63) is 11.6 Å². The molecule has 5 heteroatoms. The summed E-state index contributed by atoms with van der Waals surface area (Å²) in [7, 11) is 0. The average molecular weight is 257 g/mol. The molecule has 1 heterocycles. The van der Waals surface area contributed by atoms with Crippen molar-refractivity contribution in [3.63, 3.8) is 0 Å². The molecule has 0 saturated heterocycles. The number of hydrogen-bond donors (Lipinski definition) is 2. The van der Waals surface area contributed by atoms with Gasteiger partial charge in [0, 0.05) is 25.6 Å². The van der Waals surface area contributed by atoms with Gasteiger partial charge in [0.05, 0.1) is 6.61 Å². The van der Waals surface area contributed by atoms with Gasteiger partial charge in [-0.05, 0) is 32.8 Å². The SMILES string of the molecule is CC(C)(C)OC(=O)N1CC=C(CO)CC(CO)C1. The lowest BCUT2D eigenvalue weighted by Gasteiger charge is -2.27. The first-order valence-electron chi connectivity index (χ1n) is 6.23. The van der Waals surface area contributed by atoms with Crippen LogP contribution in [0.5, 0.6) is 0 Å². The number of rotatable bonds is 2. The van der Waals surface area contributed by atoms with E-state index in [1.807, 2.05) is 26.8 Å². The Bertz CT molecular complexity index is 319. The van der Waals surface area contributed by atoms with Crippen molar-refractivity contribution >= 4 is 6.09 Å². The van der Waals surface area contributed by atoms with Crippen LogP contribution in [0, 0.1) is 5.92 Å². The first-order chi connectivity index (χ1) is 8.35. The van der Waals surface area contributed by atoms with E-state index in [9.17, 15) is 9.90 Å². The molecule has 1 aliphatic rings. The van der Waals surface area contributed by atoms with Gasteiger partial charge < -0.3 is 19.8 Å². The largest absolute Gasteiger partial charge is 0.444 e. The van der Waals surface area contributed by atoms with E-state index in [0.29, 0.717) is 19.5 Å². The van der Waals surface area contributed by atoms with Crippen LogP contribution in [0.3, 0.4) is 0 Å². The van der Waals surface area contributed by atoms with Crippen molar-refractivity contribution < 1.29 is 19.7 Å². The summed E-state index contributed by atoms with van der Waals surface area (Å²) in [5, 5.41) is 18.4. The van der Waals surface area contributed by atoms with Crippen LogP contribution < -0.4 is 0 Å². The van der Waals surface area contributed by atoms with Gasteiger partial charge in [-0.1, -0.05) is 6.08 Å². The zero-order valence-corrected chi connectivity index (χ0v) is 11.3. The highest BCUT2D eigenvalue weighted by Gasteiger charge is 2.26. The number of amides is 1. The average Bonchev–Trinajstić information content (AvgIpc) is 2.48. The van der Waals surface area contributed by atoms with Gasteiger partial charge in [0.1, 0.15) is 5.60 Å². The van der Waals surface area contributed by atoms with Crippen LogP contribution in [0.15, 0.2) is 11.6 Å². The summed E-state index contributed by atoms with van der Waals surface area (Å²) in [5.41, 5.74) is 0.335. The van der Waals surface area contributed by atoms with Crippen molar-refractivity contribution in [3.8, 4) is 0 Å². The van der Waals surface area contributed by atoms with Crippen LogP contribution in [0.4, 0.5) is 4.79 Å². The first kappa shape index (κ1) is 15.0. The maximum atomic E-state index is 12.0. The quantitative estimate of drug-likeness (QED) is 0.728. The van der Waals surface area contributed by atoms with E-state index in [1.54, 1.807) is 4.90 Å². The van der Waals surface area contributed by atoms with Crippen molar-refractivity contribution in [2.75, 3.05) is 26.3 Å². The number of hydrogen-bond acceptors (Lipinski definition) is 4. The number of aliphatic hydroxyl groups is 2. The fourth-order valence-electron chi connectivity index (χ4n) is 1.87. The molecule has 0 spiro atoms. The standard InChI is InChI=1S/C13H23NO4/c1-13(2,3)18-12(17)14-5-4-10(8-15)6-11(7-14)9-16/h4,11,15-16H,5-9H2,1-3H3. The Morgan fingerprint density at radius 3 is 2.67 bits per heavy atom. The van der Waals surface area contributed by atoms with E-state index >= 15 is 0 Å². The Kier molecular flexibility index (Phi) is 5.16. The molecule has 0 aromatic carbocycles. The second kappa shape index (κ2) is 6.20. The Labute approximate surface area is 108 Å². The lowest BCUT2D eigenvalue weighted by Crippen LogP contribution is -2.39. The third-order valence-corrected chi connectivity index (χ3v) is 2.74. The van der Waals surface area contributed by atoms with Gasteiger partial charge in [0.25, 0.3) is 0 Å². The molecule has 5 nitrogen and oxygen atoms in total. The summed E-state index contributed by atoms with van der Waals surface area (Å²) < 4.78 is 5.31. The van der Waals surface area contributed by atoms with Crippen molar-refractivity contribution in [2.24, 2.45) is 5.92 Å². The Morgan fingerprint density at radius 1 is 1.50 bits per heavy atom. The maximum Gasteiger partial charge on any atom is 0.410 e. The highest BCUT2D eigenvalue weighted by atomic mass is 16.6. The van der Waals surface area contributed by atoms with Crippen LogP contribution in [0.1, 0.15) is 27.2 Å². The third-order valence-electron chi connectivity index (χ3n) is 2.74. The van der Waals surface area contributed by atoms with Gasteiger partial charge >= 0.3 is 6.09 Å². The molecule has 104 valence electrons. The fraction of sp³-hybridized carbons (Fsp3) is 0.769. The molecule has 18 heavy (non-hydrogen) atoms. The predicted molar refractivity (Wildman–Crippen MR) is 68.2 cm³/mol. The molecule has 0 fully saturated rings. The Hall–Kier alpha value is -1.07. The second-order valence-electron chi connectivity index (χ2n) is 5.66. The van der Waals surface area contributed by atoms with Gasteiger partial charge in [0.2, 0.25) is 0 Å². The third kappa shape index (κ3) is 4.66. The van der Waals surface area contributed by atoms with Gasteiger partial charge in [-0.25, -0.2) is 4.79 Å². The molecule has 1 amide bonds. The molecule has 0 aliphatic carbocycles. The summed E-state index contributed by atoms with van der Waals surface area (Å²) in [6, 6.07) is 0. The lowest BCUT2D eigenvalue weighted by atomic mass is 10.0. The summed E-state index contributed by atoms with van der Waals surface area (Å²) in [4.78, 5) is 13.5. The van der Waals surface area contributed by atoms with Gasteiger partial charge in [-0.3, -0.25) is 0 Å². The van der Waals surface area contributed by atoms with Crippen molar-refractivity contribution in [1.29, 1.82) is 0 Å². The zero-order chi connectivity index (χ0) is 13.8. The number of aliphatic hydroxyl groups excluding tert-OH is 2. The highest BCUT2D eigenvalue weighted by molar-refractivity contribution is 5.68. The van der Waals surface area contributed by atoms with Crippen LogP contribution in [0.2, 0.25) is 0 Å². The minimum absolute atomic E-state index is 0.00334. The van der Waals surface area contributed by atoms with Gasteiger partial charge in [-0.2, -0.15) is 0 Å². The van der Waals surface area contributed by atoms with Gasteiger partial charge in [0.15, 0.2) is 0 Å². The molecular weight excluding hydrogens is 234 g/mol. The molecule has 0 aromatic rings. The molecule has 1 rings (SSSR count). The smallest absolute Gasteiger partial charge is 0.410 e. The molecule has 0 bridgehead atoms. The van der Waals surface area contributed by atoms with Crippen molar-refractivity contribution in [2.45, 2.75) is 32.8 Å². The number of nitrogens with zero attached hydrogens (tertiary/aromatic N) is 1. The zero-order valence-electron chi connectivity index (χ0n) is 11.3. The van der Waals surface area contributed by atoms with E-state index in [1.165, 1.54) is 0 Å². The monoisotopic (exact) mass is 257 g/mol. The summed E-state index contributed by atoms with van der Waals surface area (Å²) in [6.45, 7) is 6.30. The summed E-state index contributed by atoms with van der Waals surface area (Å²) >= 11 is 0. The Morgan fingerprint density at radius 2 is 2.17 bits per heavy atom. The number of carbonyl (C=O) groups is 1. The van der Waals surface area contributed by atoms with Gasteiger partial charge in [-0.15, -0.1) is 0 Å². The predicted octanol–water partition coefficient (Wildman–Crippen LogP) is 1.15. The lowest BCUT2D eigenvalue weighted by molar-refractivity contribution is 0.0232. The molecule has 1 unspecified atom stereocenters. The van der Waals surface area contributed by atoms with Crippen LogP contribution >= 0.6 is 0 Å². The molecule has 0 radical (unpaired) electrons. The van der Waals surface area contributed by atoms with Crippen LogP contribution in [-0.4, -0.2) is 53.1 Å². The van der Waals surface area contributed by atoms with Crippen molar-refractivity contribution in [1.82, 2.24) is 4.90 Å². The van der Waals surface area contributed by atoms with E-state index in [2.05, 4.69) is 0 Å². The topological polar surface area (TPSA) is 70.0 Å². The molecule has 0 saturated carbocycles. The number of ether oxygens (including phenoxy) is 1. The van der Waals surface area contributed by atoms with E-state index in [-0.39, 0.29) is 25.2 Å². The second-order valence-corrected chi connectivity index (χ2v) is 5.66.